The fourth-order valence-corrected chi connectivity index (χ4v) is 2.65. The van der Waals surface area contributed by atoms with Crippen LogP contribution in [0.3, 0.4) is 0 Å². The van der Waals surface area contributed by atoms with Gasteiger partial charge in [0.1, 0.15) is 0 Å². The maximum absolute atomic E-state index is 3.37. The maximum Gasteiger partial charge on any atom is 0.0284 e. The van der Waals surface area contributed by atoms with Crippen molar-refractivity contribution in [3.63, 3.8) is 0 Å². The molecule has 0 aliphatic carbocycles. The highest BCUT2D eigenvalue weighted by atomic mass is 32.2. The van der Waals surface area contributed by atoms with E-state index in [1.165, 1.54) is 18.7 Å². The highest BCUT2D eigenvalue weighted by molar-refractivity contribution is 8.00. The zero-order valence-corrected chi connectivity index (χ0v) is 6.21. The Labute approximate surface area is 59.9 Å². The van der Waals surface area contributed by atoms with Crippen molar-refractivity contribution in [2.24, 2.45) is 0 Å². The van der Waals surface area contributed by atoms with Crippen LogP contribution in [0.4, 0.5) is 0 Å². The molecule has 1 saturated heterocycles. The number of rotatable bonds is 0. The van der Waals surface area contributed by atoms with E-state index >= 15 is 0 Å². The lowest BCUT2D eigenvalue weighted by Crippen LogP contribution is -2.30. The molecule has 0 bridgehead atoms. The smallest absolute Gasteiger partial charge is 0.0284 e. The molecule has 0 aromatic carbocycles. The van der Waals surface area contributed by atoms with Gasteiger partial charge in [-0.05, 0) is 18.5 Å². The molecule has 0 amide bonds. The minimum Gasteiger partial charge on any atom is -0.313 e. The van der Waals surface area contributed by atoms with E-state index in [2.05, 4.69) is 23.2 Å². The van der Waals surface area contributed by atoms with Crippen LogP contribution in [0.25, 0.3) is 0 Å². The van der Waals surface area contributed by atoms with Crippen molar-refractivity contribution in [1.82, 2.24) is 5.32 Å². The van der Waals surface area contributed by atoms with E-state index in [0.717, 1.165) is 11.8 Å². The molecular weight excluding hydrogens is 130 g/mol. The second kappa shape index (κ2) is 2.35. The molecule has 0 aromatic heterocycles. The van der Waals surface area contributed by atoms with Crippen LogP contribution in [0.5, 0.6) is 0 Å². The first kappa shape index (κ1) is 5.81. The van der Waals surface area contributed by atoms with Gasteiger partial charge in [-0.25, -0.2) is 0 Å². The zero-order chi connectivity index (χ0) is 6.10. The first-order valence-electron chi connectivity index (χ1n) is 3.48. The van der Waals surface area contributed by atoms with Crippen molar-refractivity contribution in [2.75, 3.05) is 18.8 Å². The van der Waals surface area contributed by atoms with E-state index in [4.69, 9.17) is 0 Å². The van der Waals surface area contributed by atoms with Gasteiger partial charge in [-0.15, -0.1) is 11.8 Å². The van der Waals surface area contributed by atoms with E-state index in [9.17, 15) is 0 Å². The number of piperidine rings is 1. The Kier molecular flexibility index (Phi) is 1.52. The lowest BCUT2D eigenvalue weighted by atomic mass is 10.1. The van der Waals surface area contributed by atoms with Gasteiger partial charge < -0.3 is 5.32 Å². The largest absolute Gasteiger partial charge is 0.313 e. The second-order valence-electron chi connectivity index (χ2n) is 2.57. The van der Waals surface area contributed by atoms with Gasteiger partial charge in [-0.3, -0.25) is 0 Å². The monoisotopic (exact) mass is 141 g/mol. The molecule has 9 heavy (non-hydrogen) atoms. The predicted octanol–water partition coefficient (Wildman–Crippen LogP) is 1.02. The van der Waals surface area contributed by atoms with E-state index in [0.29, 0.717) is 0 Å². The van der Waals surface area contributed by atoms with Gasteiger partial charge in [0.25, 0.3) is 0 Å². The highest BCUT2D eigenvalue weighted by Gasteiger charge is 2.21. The summed E-state index contributed by atoms with van der Waals surface area (Å²) in [5.74, 6) is 1.25. The molecule has 2 heterocycles. The SMILES string of the molecule is C1=C2CNCCC2SC1. The molecular formula is C7H11NS. The van der Waals surface area contributed by atoms with E-state index in [1.807, 2.05) is 0 Å². The van der Waals surface area contributed by atoms with Gasteiger partial charge in [0.15, 0.2) is 0 Å². The molecule has 1 fully saturated rings. The maximum atomic E-state index is 3.37. The molecule has 2 rings (SSSR count). The van der Waals surface area contributed by atoms with Crippen molar-refractivity contribution in [1.29, 1.82) is 0 Å². The first-order valence-corrected chi connectivity index (χ1v) is 4.53. The molecule has 2 aliphatic heterocycles. The van der Waals surface area contributed by atoms with Crippen LogP contribution in [-0.2, 0) is 0 Å². The van der Waals surface area contributed by atoms with Gasteiger partial charge in [0, 0.05) is 17.5 Å². The summed E-state index contributed by atoms with van der Waals surface area (Å²) >= 11 is 2.09. The minimum atomic E-state index is 0.881. The minimum absolute atomic E-state index is 0.881. The summed E-state index contributed by atoms with van der Waals surface area (Å²) in [4.78, 5) is 0. The topological polar surface area (TPSA) is 12.0 Å². The fourth-order valence-electron chi connectivity index (χ4n) is 1.43. The Bertz CT molecular complexity index is 142. The summed E-state index contributed by atoms with van der Waals surface area (Å²) in [6.07, 6.45) is 3.72. The quantitative estimate of drug-likeness (QED) is 0.505. The lowest BCUT2D eigenvalue weighted by Gasteiger charge is -2.20. The van der Waals surface area contributed by atoms with Crippen molar-refractivity contribution in [3.05, 3.63) is 11.6 Å². The molecule has 0 saturated carbocycles. The molecule has 1 unspecified atom stereocenters. The Morgan fingerprint density at radius 3 is 3.56 bits per heavy atom. The second-order valence-corrected chi connectivity index (χ2v) is 3.80. The normalized spacial score (nSPS) is 33.8. The fraction of sp³-hybridized carbons (Fsp3) is 0.714. The standard InChI is InChI=1S/C7H11NS/c1-3-8-5-6-2-4-9-7(1)6/h2,7-8H,1,3-5H2. The van der Waals surface area contributed by atoms with Gasteiger partial charge in [-0.2, -0.15) is 0 Å². The summed E-state index contributed by atoms with van der Waals surface area (Å²) in [7, 11) is 0. The van der Waals surface area contributed by atoms with Gasteiger partial charge >= 0.3 is 0 Å². The average molecular weight is 141 g/mol. The summed E-state index contributed by atoms with van der Waals surface area (Å²) in [6.45, 7) is 2.37. The predicted molar refractivity (Wildman–Crippen MR) is 41.8 cm³/mol. The van der Waals surface area contributed by atoms with Crippen molar-refractivity contribution < 1.29 is 0 Å². The Hall–Kier alpha value is 0.0500. The van der Waals surface area contributed by atoms with Crippen LogP contribution in [0.2, 0.25) is 0 Å². The van der Waals surface area contributed by atoms with Crippen LogP contribution in [0, 0.1) is 0 Å². The van der Waals surface area contributed by atoms with Gasteiger partial charge in [0.2, 0.25) is 0 Å². The van der Waals surface area contributed by atoms with Crippen LogP contribution in [0.15, 0.2) is 11.6 Å². The lowest BCUT2D eigenvalue weighted by molar-refractivity contribution is 0.622. The van der Waals surface area contributed by atoms with Gasteiger partial charge in [0.05, 0.1) is 0 Å². The van der Waals surface area contributed by atoms with Crippen LogP contribution in [-0.4, -0.2) is 24.1 Å². The Morgan fingerprint density at radius 2 is 2.67 bits per heavy atom. The third kappa shape index (κ3) is 1.01. The van der Waals surface area contributed by atoms with E-state index in [1.54, 1.807) is 5.57 Å². The third-order valence-corrected chi connectivity index (χ3v) is 3.27. The molecule has 1 nitrogen and oxygen atoms in total. The Morgan fingerprint density at radius 1 is 1.67 bits per heavy atom. The van der Waals surface area contributed by atoms with Gasteiger partial charge in [-0.1, -0.05) is 6.08 Å². The number of hydrogen-bond acceptors (Lipinski definition) is 2. The summed E-state index contributed by atoms with van der Waals surface area (Å²) < 4.78 is 0. The number of nitrogens with one attached hydrogen (secondary N) is 1. The highest BCUT2D eigenvalue weighted by Crippen LogP contribution is 2.30. The molecule has 0 radical (unpaired) electrons. The van der Waals surface area contributed by atoms with Crippen LogP contribution >= 0.6 is 11.8 Å². The van der Waals surface area contributed by atoms with Crippen LogP contribution < -0.4 is 5.32 Å². The number of hydrogen-bond donors (Lipinski definition) is 1. The van der Waals surface area contributed by atoms with Crippen molar-refractivity contribution >= 4 is 11.8 Å². The summed E-state index contributed by atoms with van der Waals surface area (Å²) in [5.41, 5.74) is 1.64. The van der Waals surface area contributed by atoms with Crippen molar-refractivity contribution in [3.8, 4) is 0 Å². The van der Waals surface area contributed by atoms with E-state index in [-0.39, 0.29) is 0 Å². The molecule has 2 aliphatic rings. The molecule has 1 atom stereocenters. The van der Waals surface area contributed by atoms with Crippen LogP contribution in [0.1, 0.15) is 6.42 Å². The number of thioether (sulfide) groups is 1. The average Bonchev–Trinajstić information content (AvgIpc) is 2.33. The summed E-state index contributed by atoms with van der Waals surface area (Å²) in [6, 6.07) is 0. The zero-order valence-electron chi connectivity index (χ0n) is 5.39. The van der Waals surface area contributed by atoms with E-state index < -0.39 is 0 Å². The third-order valence-electron chi connectivity index (χ3n) is 1.97. The Balaban J connectivity index is 2.09. The molecule has 0 aromatic rings. The molecule has 1 N–H and O–H groups in total. The van der Waals surface area contributed by atoms with Crippen molar-refractivity contribution in [2.45, 2.75) is 11.7 Å². The summed E-state index contributed by atoms with van der Waals surface area (Å²) in [5, 5.41) is 4.26. The number of fused-ring (bicyclic) bond motifs is 1. The first-order chi connectivity index (χ1) is 4.47. The molecule has 2 heteroatoms. The molecule has 50 valence electrons. The molecule has 0 spiro atoms.